The summed E-state index contributed by atoms with van der Waals surface area (Å²) in [6.45, 7) is 1.99. The Hall–Kier alpha value is -1.94. The third-order valence-corrected chi connectivity index (χ3v) is 4.16. The van der Waals surface area contributed by atoms with Crippen LogP contribution in [0.2, 0.25) is 0 Å². The molecule has 0 bridgehead atoms. The van der Waals surface area contributed by atoms with E-state index in [4.69, 9.17) is 4.74 Å². The Balaban J connectivity index is 1.88. The molecule has 2 rings (SSSR count). The second kappa shape index (κ2) is 7.74. The van der Waals surface area contributed by atoms with Crippen LogP contribution in [0.1, 0.15) is 18.5 Å². The summed E-state index contributed by atoms with van der Waals surface area (Å²) in [7, 11) is 1.64. The number of carbonyl (C=O) groups is 1. The first-order chi connectivity index (χ1) is 10.2. The fourth-order valence-electron chi connectivity index (χ4n) is 1.99. The highest BCUT2D eigenvalue weighted by molar-refractivity contribution is 8.00. The van der Waals surface area contributed by atoms with Crippen LogP contribution in [-0.4, -0.2) is 18.8 Å². The van der Waals surface area contributed by atoms with Crippen molar-refractivity contribution < 1.29 is 9.53 Å². The molecule has 0 aromatic heterocycles. The van der Waals surface area contributed by atoms with Crippen LogP contribution in [0.5, 0.6) is 5.75 Å². The first kappa shape index (κ1) is 15.4. The Morgan fingerprint density at radius 1 is 1.14 bits per heavy atom. The maximum atomic E-state index is 12.0. The minimum absolute atomic E-state index is 0.0111. The van der Waals surface area contributed by atoms with E-state index < -0.39 is 0 Å². The highest BCUT2D eigenvalue weighted by Gasteiger charge is 2.10. The van der Waals surface area contributed by atoms with Crippen LogP contribution in [0, 0.1) is 0 Å². The van der Waals surface area contributed by atoms with Crippen molar-refractivity contribution in [3.8, 4) is 5.75 Å². The summed E-state index contributed by atoms with van der Waals surface area (Å²) in [5.41, 5.74) is 1.10. The van der Waals surface area contributed by atoms with Crippen molar-refractivity contribution in [3.05, 3.63) is 60.2 Å². The van der Waals surface area contributed by atoms with Gasteiger partial charge < -0.3 is 10.1 Å². The Bertz CT molecular complexity index is 586. The Labute approximate surface area is 129 Å². The normalized spacial score (nSPS) is 11.7. The molecule has 3 nitrogen and oxygen atoms in total. The maximum absolute atomic E-state index is 12.0. The molecule has 0 aliphatic carbocycles. The lowest BCUT2D eigenvalue weighted by Crippen LogP contribution is -2.28. The molecule has 0 saturated carbocycles. The highest BCUT2D eigenvalue weighted by atomic mass is 32.2. The predicted molar refractivity (Wildman–Crippen MR) is 86.7 cm³/mol. The molecule has 1 N–H and O–H groups in total. The van der Waals surface area contributed by atoms with Gasteiger partial charge in [0.15, 0.2) is 0 Å². The summed E-state index contributed by atoms with van der Waals surface area (Å²) in [6.07, 6.45) is 0. The molecule has 1 atom stereocenters. The van der Waals surface area contributed by atoms with E-state index in [1.54, 1.807) is 7.11 Å². The van der Waals surface area contributed by atoms with Crippen molar-refractivity contribution in [1.82, 2.24) is 5.32 Å². The van der Waals surface area contributed by atoms with E-state index in [1.165, 1.54) is 11.8 Å². The number of hydrogen-bond donors (Lipinski definition) is 1. The molecule has 2 aromatic rings. The zero-order valence-electron chi connectivity index (χ0n) is 12.2. The van der Waals surface area contributed by atoms with E-state index in [0.29, 0.717) is 5.75 Å². The third kappa shape index (κ3) is 4.53. The number of carbonyl (C=O) groups excluding carboxylic acids is 1. The summed E-state index contributed by atoms with van der Waals surface area (Å²) in [4.78, 5) is 13.0. The minimum atomic E-state index is 0.0111. The van der Waals surface area contributed by atoms with Gasteiger partial charge in [0.1, 0.15) is 5.75 Å². The van der Waals surface area contributed by atoms with Crippen LogP contribution in [0.25, 0.3) is 0 Å². The minimum Gasteiger partial charge on any atom is -0.496 e. The van der Waals surface area contributed by atoms with Gasteiger partial charge in [-0.1, -0.05) is 42.5 Å². The molecular weight excluding hydrogens is 282 g/mol. The van der Waals surface area contributed by atoms with E-state index in [9.17, 15) is 4.79 Å². The lowest BCUT2D eigenvalue weighted by molar-refractivity contribution is -0.119. The molecule has 0 aliphatic rings. The van der Waals surface area contributed by atoms with Gasteiger partial charge in [-0.05, 0) is 24.6 Å². The molecule has 0 radical (unpaired) electrons. The van der Waals surface area contributed by atoms with Crippen molar-refractivity contribution in [2.75, 3.05) is 12.9 Å². The number of rotatable bonds is 6. The number of methoxy groups -OCH3 is 1. The Morgan fingerprint density at radius 3 is 2.52 bits per heavy atom. The average molecular weight is 301 g/mol. The van der Waals surface area contributed by atoms with E-state index in [-0.39, 0.29) is 11.9 Å². The van der Waals surface area contributed by atoms with Gasteiger partial charge >= 0.3 is 0 Å². The van der Waals surface area contributed by atoms with Crippen LogP contribution >= 0.6 is 11.8 Å². The van der Waals surface area contributed by atoms with Crippen LogP contribution < -0.4 is 10.1 Å². The molecule has 0 heterocycles. The van der Waals surface area contributed by atoms with Crippen molar-refractivity contribution >= 4 is 17.7 Å². The van der Waals surface area contributed by atoms with Gasteiger partial charge in [0.05, 0.1) is 18.9 Å². The van der Waals surface area contributed by atoms with Gasteiger partial charge in [-0.3, -0.25) is 4.79 Å². The summed E-state index contributed by atoms with van der Waals surface area (Å²) >= 11 is 1.48. The van der Waals surface area contributed by atoms with Crippen LogP contribution in [0.3, 0.4) is 0 Å². The zero-order valence-corrected chi connectivity index (χ0v) is 13.0. The molecule has 0 aliphatic heterocycles. The maximum Gasteiger partial charge on any atom is 0.230 e. The highest BCUT2D eigenvalue weighted by Crippen LogP contribution is 2.28. The third-order valence-electron chi connectivity index (χ3n) is 3.10. The molecule has 21 heavy (non-hydrogen) atoms. The van der Waals surface area contributed by atoms with Crippen molar-refractivity contribution in [1.29, 1.82) is 0 Å². The summed E-state index contributed by atoms with van der Waals surface area (Å²) < 4.78 is 5.28. The summed E-state index contributed by atoms with van der Waals surface area (Å²) in [5.74, 6) is 1.19. The van der Waals surface area contributed by atoms with Gasteiger partial charge in [-0.15, -0.1) is 11.8 Å². The molecule has 2 aromatic carbocycles. The smallest absolute Gasteiger partial charge is 0.230 e. The second-order valence-electron chi connectivity index (χ2n) is 4.64. The quantitative estimate of drug-likeness (QED) is 0.827. The molecule has 110 valence electrons. The molecule has 0 fully saturated rings. The molecule has 0 saturated heterocycles. The molecule has 0 unspecified atom stereocenters. The van der Waals surface area contributed by atoms with Crippen LogP contribution in [0.4, 0.5) is 0 Å². The number of amides is 1. The van der Waals surface area contributed by atoms with Crippen LogP contribution in [0.15, 0.2) is 59.5 Å². The summed E-state index contributed by atoms with van der Waals surface area (Å²) in [6, 6.07) is 17.7. The van der Waals surface area contributed by atoms with Gasteiger partial charge in [0.2, 0.25) is 5.91 Å². The first-order valence-corrected chi connectivity index (χ1v) is 7.79. The van der Waals surface area contributed by atoms with Crippen LogP contribution in [-0.2, 0) is 4.79 Å². The Kier molecular flexibility index (Phi) is 5.69. The molecular formula is C17H19NO2S. The Morgan fingerprint density at radius 2 is 1.81 bits per heavy atom. The lowest BCUT2D eigenvalue weighted by Gasteiger charge is -2.14. The van der Waals surface area contributed by atoms with Gasteiger partial charge in [-0.2, -0.15) is 0 Å². The van der Waals surface area contributed by atoms with E-state index in [0.717, 1.165) is 16.2 Å². The topological polar surface area (TPSA) is 38.3 Å². The standard InChI is InChI=1S/C17H19NO2S/c1-13(14-8-4-3-5-9-14)18-17(19)12-21-16-11-7-6-10-15(16)20-2/h3-11,13H,12H2,1-2H3,(H,18,19)/t13-/m1/s1. The lowest BCUT2D eigenvalue weighted by atomic mass is 10.1. The average Bonchev–Trinajstić information content (AvgIpc) is 2.54. The SMILES string of the molecule is COc1ccccc1SCC(=O)N[C@H](C)c1ccccc1. The number of hydrogen-bond acceptors (Lipinski definition) is 3. The van der Waals surface area contributed by atoms with Gasteiger partial charge in [0.25, 0.3) is 0 Å². The monoisotopic (exact) mass is 301 g/mol. The second-order valence-corrected chi connectivity index (χ2v) is 5.66. The van der Waals surface area contributed by atoms with E-state index in [2.05, 4.69) is 5.32 Å². The fraction of sp³-hybridized carbons (Fsp3) is 0.235. The number of thioether (sulfide) groups is 1. The number of ether oxygens (including phenoxy) is 1. The van der Waals surface area contributed by atoms with Crippen molar-refractivity contribution in [3.63, 3.8) is 0 Å². The first-order valence-electron chi connectivity index (χ1n) is 6.81. The fourth-order valence-corrected chi connectivity index (χ4v) is 2.83. The number of nitrogens with one attached hydrogen (secondary N) is 1. The van der Waals surface area contributed by atoms with Gasteiger partial charge in [0, 0.05) is 4.90 Å². The van der Waals surface area contributed by atoms with E-state index >= 15 is 0 Å². The molecule has 1 amide bonds. The molecule has 4 heteroatoms. The summed E-state index contributed by atoms with van der Waals surface area (Å²) in [5, 5.41) is 3.00. The molecule has 0 spiro atoms. The number of benzene rings is 2. The predicted octanol–water partition coefficient (Wildman–Crippen LogP) is 3.66. The van der Waals surface area contributed by atoms with E-state index in [1.807, 2.05) is 61.5 Å². The zero-order chi connectivity index (χ0) is 15.1. The largest absolute Gasteiger partial charge is 0.496 e. The van der Waals surface area contributed by atoms with Gasteiger partial charge in [-0.25, -0.2) is 0 Å². The number of para-hydroxylation sites is 1. The van der Waals surface area contributed by atoms with Crippen molar-refractivity contribution in [2.24, 2.45) is 0 Å². The van der Waals surface area contributed by atoms with Crippen molar-refractivity contribution in [2.45, 2.75) is 17.9 Å².